The molecule has 1 aromatic rings. The SMILES string of the molecule is CCN(Cc1csc(C(C)C)n1)C1CCCCC1CN. The smallest absolute Gasteiger partial charge is 0.0954 e. The summed E-state index contributed by atoms with van der Waals surface area (Å²) in [5.41, 5.74) is 7.22. The van der Waals surface area contributed by atoms with Crippen molar-refractivity contribution >= 4 is 11.3 Å². The predicted octanol–water partition coefficient (Wildman–Crippen LogP) is 3.61. The van der Waals surface area contributed by atoms with Gasteiger partial charge in [-0.15, -0.1) is 11.3 Å². The van der Waals surface area contributed by atoms with Crippen LogP contribution < -0.4 is 5.73 Å². The third kappa shape index (κ3) is 3.80. The molecule has 0 saturated heterocycles. The monoisotopic (exact) mass is 295 g/mol. The van der Waals surface area contributed by atoms with Crippen LogP contribution in [0, 0.1) is 5.92 Å². The van der Waals surface area contributed by atoms with Crippen molar-refractivity contribution in [1.29, 1.82) is 0 Å². The van der Waals surface area contributed by atoms with Crippen molar-refractivity contribution in [2.45, 2.75) is 65.0 Å². The lowest BCUT2D eigenvalue weighted by Crippen LogP contribution is -2.44. The van der Waals surface area contributed by atoms with E-state index in [1.54, 1.807) is 11.3 Å². The first-order valence-electron chi connectivity index (χ1n) is 8.04. The molecule has 0 bridgehead atoms. The van der Waals surface area contributed by atoms with E-state index in [4.69, 9.17) is 10.7 Å². The standard InChI is InChI=1S/C16H29N3S/c1-4-19(15-8-6-5-7-13(15)9-17)10-14-11-20-16(18-14)12(2)3/h11-13,15H,4-10,17H2,1-3H3. The second kappa shape index (κ2) is 7.53. The summed E-state index contributed by atoms with van der Waals surface area (Å²) in [4.78, 5) is 7.38. The summed E-state index contributed by atoms with van der Waals surface area (Å²) in [6, 6.07) is 0.656. The highest BCUT2D eigenvalue weighted by Gasteiger charge is 2.28. The van der Waals surface area contributed by atoms with Gasteiger partial charge in [-0.05, 0) is 31.8 Å². The van der Waals surface area contributed by atoms with Crippen molar-refractivity contribution in [3.8, 4) is 0 Å². The van der Waals surface area contributed by atoms with E-state index in [-0.39, 0.29) is 0 Å². The lowest BCUT2D eigenvalue weighted by atomic mass is 9.83. The average Bonchev–Trinajstić information content (AvgIpc) is 2.93. The fourth-order valence-corrected chi connectivity index (χ4v) is 4.10. The van der Waals surface area contributed by atoms with Gasteiger partial charge in [0, 0.05) is 23.9 Å². The minimum atomic E-state index is 0.537. The molecule has 2 N–H and O–H groups in total. The third-order valence-corrected chi connectivity index (χ3v) is 5.67. The molecule has 0 aromatic carbocycles. The Labute approximate surface area is 127 Å². The zero-order chi connectivity index (χ0) is 14.5. The maximum absolute atomic E-state index is 5.98. The van der Waals surface area contributed by atoms with Crippen LogP contribution in [-0.2, 0) is 6.54 Å². The molecule has 20 heavy (non-hydrogen) atoms. The Bertz CT molecular complexity index is 402. The van der Waals surface area contributed by atoms with Crippen LogP contribution in [0.4, 0.5) is 0 Å². The molecule has 1 aliphatic carbocycles. The Kier molecular flexibility index (Phi) is 6.00. The Morgan fingerprint density at radius 1 is 1.40 bits per heavy atom. The molecule has 1 aromatic heterocycles. The third-order valence-electron chi connectivity index (χ3n) is 4.48. The Morgan fingerprint density at radius 3 is 2.75 bits per heavy atom. The van der Waals surface area contributed by atoms with Gasteiger partial charge in [0.2, 0.25) is 0 Å². The molecule has 0 aliphatic heterocycles. The molecular formula is C16H29N3S. The number of aromatic nitrogens is 1. The minimum Gasteiger partial charge on any atom is -0.330 e. The van der Waals surface area contributed by atoms with Crippen molar-refractivity contribution in [1.82, 2.24) is 9.88 Å². The molecule has 114 valence electrons. The van der Waals surface area contributed by atoms with Crippen molar-refractivity contribution in [3.63, 3.8) is 0 Å². The molecular weight excluding hydrogens is 266 g/mol. The largest absolute Gasteiger partial charge is 0.330 e. The van der Waals surface area contributed by atoms with Gasteiger partial charge in [0.25, 0.3) is 0 Å². The van der Waals surface area contributed by atoms with Gasteiger partial charge in [0.05, 0.1) is 10.7 Å². The van der Waals surface area contributed by atoms with Gasteiger partial charge in [-0.25, -0.2) is 4.98 Å². The fourth-order valence-electron chi connectivity index (χ4n) is 3.28. The van der Waals surface area contributed by atoms with E-state index in [0.717, 1.165) is 19.6 Å². The molecule has 1 fully saturated rings. The number of hydrogen-bond acceptors (Lipinski definition) is 4. The van der Waals surface area contributed by atoms with Gasteiger partial charge in [-0.3, -0.25) is 4.90 Å². The van der Waals surface area contributed by atoms with Crippen LogP contribution in [0.1, 0.15) is 63.1 Å². The van der Waals surface area contributed by atoms with Crippen LogP contribution >= 0.6 is 11.3 Å². The van der Waals surface area contributed by atoms with Crippen LogP contribution in [0.15, 0.2) is 5.38 Å². The first-order chi connectivity index (χ1) is 9.65. The number of nitrogens with two attached hydrogens (primary N) is 1. The van der Waals surface area contributed by atoms with E-state index in [0.29, 0.717) is 17.9 Å². The van der Waals surface area contributed by atoms with Crippen molar-refractivity contribution in [2.24, 2.45) is 11.7 Å². The summed E-state index contributed by atoms with van der Waals surface area (Å²) in [5.74, 6) is 1.21. The predicted molar refractivity (Wildman–Crippen MR) is 87.1 cm³/mol. The zero-order valence-corrected chi connectivity index (χ0v) is 14.0. The topological polar surface area (TPSA) is 42.2 Å². The first-order valence-corrected chi connectivity index (χ1v) is 8.92. The van der Waals surface area contributed by atoms with E-state index in [1.807, 2.05) is 0 Å². The van der Waals surface area contributed by atoms with E-state index in [1.165, 1.54) is 36.4 Å². The van der Waals surface area contributed by atoms with E-state index in [9.17, 15) is 0 Å². The summed E-state index contributed by atoms with van der Waals surface area (Å²) >= 11 is 1.80. The fraction of sp³-hybridized carbons (Fsp3) is 0.812. The van der Waals surface area contributed by atoms with Crippen LogP contribution in [-0.4, -0.2) is 29.0 Å². The lowest BCUT2D eigenvalue weighted by Gasteiger charge is -2.39. The molecule has 3 nitrogen and oxygen atoms in total. The molecule has 2 unspecified atom stereocenters. The van der Waals surface area contributed by atoms with Crippen molar-refractivity contribution in [2.75, 3.05) is 13.1 Å². The average molecular weight is 295 g/mol. The second-order valence-corrected chi connectivity index (χ2v) is 7.13. The van der Waals surface area contributed by atoms with E-state index < -0.39 is 0 Å². The normalized spacial score (nSPS) is 23.7. The Morgan fingerprint density at radius 2 is 2.15 bits per heavy atom. The number of rotatable bonds is 6. The molecule has 2 atom stereocenters. The zero-order valence-electron chi connectivity index (χ0n) is 13.1. The van der Waals surface area contributed by atoms with Gasteiger partial charge >= 0.3 is 0 Å². The summed E-state index contributed by atoms with van der Waals surface area (Å²) in [6.07, 6.45) is 5.30. The van der Waals surface area contributed by atoms with Gasteiger partial charge in [-0.1, -0.05) is 33.6 Å². The lowest BCUT2D eigenvalue weighted by molar-refractivity contribution is 0.104. The molecule has 0 radical (unpaired) electrons. The number of nitrogens with zero attached hydrogens (tertiary/aromatic N) is 2. The minimum absolute atomic E-state index is 0.537. The highest BCUT2D eigenvalue weighted by atomic mass is 32.1. The van der Waals surface area contributed by atoms with Crippen LogP contribution in [0.25, 0.3) is 0 Å². The number of hydrogen-bond donors (Lipinski definition) is 1. The van der Waals surface area contributed by atoms with Crippen LogP contribution in [0.3, 0.4) is 0 Å². The van der Waals surface area contributed by atoms with Crippen LogP contribution in [0.2, 0.25) is 0 Å². The highest BCUT2D eigenvalue weighted by molar-refractivity contribution is 7.09. The maximum Gasteiger partial charge on any atom is 0.0954 e. The Balaban J connectivity index is 2.03. The van der Waals surface area contributed by atoms with Crippen molar-refractivity contribution < 1.29 is 0 Å². The summed E-state index contributed by atoms with van der Waals surface area (Å²) < 4.78 is 0. The summed E-state index contributed by atoms with van der Waals surface area (Å²) in [6.45, 7) is 9.60. The molecule has 2 rings (SSSR count). The molecule has 1 aliphatic rings. The molecule has 1 heterocycles. The second-order valence-electron chi connectivity index (χ2n) is 6.24. The highest BCUT2D eigenvalue weighted by Crippen LogP contribution is 2.29. The molecule has 4 heteroatoms. The van der Waals surface area contributed by atoms with Crippen molar-refractivity contribution in [3.05, 3.63) is 16.1 Å². The van der Waals surface area contributed by atoms with Gasteiger partial charge in [-0.2, -0.15) is 0 Å². The van der Waals surface area contributed by atoms with E-state index in [2.05, 4.69) is 31.1 Å². The van der Waals surface area contributed by atoms with Gasteiger partial charge in [0.15, 0.2) is 0 Å². The Hall–Kier alpha value is -0.450. The summed E-state index contributed by atoms with van der Waals surface area (Å²) in [7, 11) is 0. The molecule has 1 saturated carbocycles. The first kappa shape index (κ1) is 15.9. The molecule has 0 spiro atoms. The molecule has 0 amide bonds. The van der Waals surface area contributed by atoms with Crippen LogP contribution in [0.5, 0.6) is 0 Å². The van der Waals surface area contributed by atoms with Gasteiger partial charge in [0.1, 0.15) is 0 Å². The van der Waals surface area contributed by atoms with E-state index >= 15 is 0 Å². The quantitative estimate of drug-likeness (QED) is 0.872. The maximum atomic E-state index is 5.98. The van der Waals surface area contributed by atoms with Gasteiger partial charge < -0.3 is 5.73 Å². The number of thiazole rings is 1. The summed E-state index contributed by atoms with van der Waals surface area (Å²) in [5, 5.41) is 3.49.